The number of rotatable bonds is 4. The average molecular weight is 218 g/mol. The molecule has 0 aromatic carbocycles. The minimum Gasteiger partial charge on any atom is -0.374 e. The second-order valence-electron chi connectivity index (χ2n) is 3.38. The minimum absolute atomic E-state index is 0.486. The molecule has 16 heavy (non-hydrogen) atoms. The number of hydrogen-bond acceptors (Lipinski definition) is 4. The fourth-order valence-corrected chi connectivity index (χ4v) is 1.43. The molecule has 2 aromatic rings. The zero-order valence-corrected chi connectivity index (χ0v) is 9.42. The van der Waals surface area contributed by atoms with Gasteiger partial charge >= 0.3 is 0 Å². The molecule has 0 fully saturated rings. The quantitative estimate of drug-likeness (QED) is 0.778. The molecule has 2 heterocycles. The summed E-state index contributed by atoms with van der Waals surface area (Å²) >= 11 is 0. The third kappa shape index (κ3) is 2.09. The molecule has 0 N–H and O–H groups in total. The van der Waals surface area contributed by atoms with Crippen LogP contribution in [0, 0.1) is 0 Å². The molecule has 2 aromatic heterocycles. The largest absolute Gasteiger partial charge is 0.374 e. The lowest BCUT2D eigenvalue weighted by molar-refractivity contribution is 0.126. The molecular weight excluding hydrogens is 204 g/mol. The van der Waals surface area contributed by atoms with Crippen LogP contribution in [-0.4, -0.2) is 26.4 Å². The second-order valence-corrected chi connectivity index (χ2v) is 3.38. The molecule has 0 spiro atoms. The molecule has 5 nitrogen and oxygen atoms in total. The van der Waals surface area contributed by atoms with Gasteiger partial charge in [0.05, 0.1) is 0 Å². The third-order valence-electron chi connectivity index (χ3n) is 2.32. The Morgan fingerprint density at radius 1 is 1.38 bits per heavy atom. The highest BCUT2D eigenvalue weighted by molar-refractivity contribution is 5.53. The van der Waals surface area contributed by atoms with Crippen molar-refractivity contribution in [2.45, 2.75) is 13.5 Å². The summed E-state index contributed by atoms with van der Waals surface area (Å²) in [6.07, 6.45) is 3.51. The van der Waals surface area contributed by atoms with Crippen LogP contribution in [0.3, 0.4) is 0 Å². The van der Waals surface area contributed by atoms with Gasteiger partial charge in [-0.25, -0.2) is 0 Å². The summed E-state index contributed by atoms with van der Waals surface area (Å²) < 4.78 is 7.23. The molecule has 0 atom stereocenters. The van der Waals surface area contributed by atoms with Crippen LogP contribution in [0.2, 0.25) is 0 Å². The maximum Gasteiger partial charge on any atom is 0.165 e. The van der Waals surface area contributed by atoms with Gasteiger partial charge in [0, 0.05) is 31.6 Å². The number of aromatic nitrogens is 4. The maximum absolute atomic E-state index is 5.31. The molecule has 0 bridgehead atoms. The number of nitrogens with zero attached hydrogens (tertiary/aromatic N) is 4. The van der Waals surface area contributed by atoms with Crippen molar-refractivity contribution in [3.63, 3.8) is 0 Å². The van der Waals surface area contributed by atoms with Gasteiger partial charge in [-0.05, 0) is 19.1 Å². The molecule has 0 aliphatic rings. The van der Waals surface area contributed by atoms with Crippen molar-refractivity contribution in [2.24, 2.45) is 7.05 Å². The zero-order chi connectivity index (χ0) is 11.4. The van der Waals surface area contributed by atoms with Gasteiger partial charge in [0.2, 0.25) is 0 Å². The molecule has 0 saturated carbocycles. The number of hydrogen-bond donors (Lipinski definition) is 0. The van der Waals surface area contributed by atoms with Crippen LogP contribution >= 0.6 is 0 Å². The van der Waals surface area contributed by atoms with Crippen LogP contribution in [0.5, 0.6) is 0 Å². The van der Waals surface area contributed by atoms with Crippen molar-refractivity contribution in [3.05, 3.63) is 30.4 Å². The van der Waals surface area contributed by atoms with E-state index in [2.05, 4.69) is 15.2 Å². The molecule has 2 rings (SSSR count). The van der Waals surface area contributed by atoms with Gasteiger partial charge < -0.3 is 9.30 Å². The van der Waals surface area contributed by atoms with Crippen LogP contribution < -0.4 is 0 Å². The van der Waals surface area contributed by atoms with Crippen molar-refractivity contribution < 1.29 is 4.74 Å². The molecule has 84 valence electrons. The lowest BCUT2D eigenvalue weighted by atomic mass is 10.3. The van der Waals surface area contributed by atoms with Crippen molar-refractivity contribution in [3.8, 4) is 11.4 Å². The first-order valence-electron chi connectivity index (χ1n) is 5.19. The van der Waals surface area contributed by atoms with Crippen molar-refractivity contribution >= 4 is 0 Å². The lowest BCUT2D eigenvalue weighted by Crippen LogP contribution is -2.02. The van der Waals surface area contributed by atoms with E-state index in [-0.39, 0.29) is 0 Å². The van der Waals surface area contributed by atoms with Crippen LogP contribution in [0.4, 0.5) is 0 Å². The summed E-state index contributed by atoms with van der Waals surface area (Å²) in [5.74, 6) is 1.63. The Bertz CT molecular complexity index is 452. The summed E-state index contributed by atoms with van der Waals surface area (Å²) in [5, 5.41) is 8.22. The highest BCUT2D eigenvalue weighted by Gasteiger charge is 2.09. The van der Waals surface area contributed by atoms with E-state index in [1.54, 1.807) is 12.4 Å². The SMILES string of the molecule is CCOCc1nnc(-c2cccnc2)n1C. The van der Waals surface area contributed by atoms with E-state index in [0.29, 0.717) is 13.2 Å². The summed E-state index contributed by atoms with van der Waals surface area (Å²) in [7, 11) is 1.93. The predicted octanol–water partition coefficient (Wildman–Crippen LogP) is 1.41. The lowest BCUT2D eigenvalue weighted by Gasteiger charge is -2.03. The Labute approximate surface area is 94.1 Å². The normalized spacial score (nSPS) is 10.6. The maximum atomic E-state index is 5.31. The molecular formula is C11H14N4O. The number of pyridine rings is 1. The summed E-state index contributed by atoms with van der Waals surface area (Å²) in [6.45, 7) is 3.12. The van der Waals surface area contributed by atoms with Crippen LogP contribution in [0.15, 0.2) is 24.5 Å². The molecule has 0 saturated heterocycles. The first-order chi connectivity index (χ1) is 7.83. The van der Waals surface area contributed by atoms with Gasteiger partial charge in [0.1, 0.15) is 6.61 Å². The highest BCUT2D eigenvalue weighted by atomic mass is 16.5. The molecule has 0 aliphatic heterocycles. The van der Waals surface area contributed by atoms with E-state index in [1.807, 2.05) is 30.7 Å². The minimum atomic E-state index is 0.486. The molecule has 0 aliphatic carbocycles. The Hall–Kier alpha value is -1.75. The Morgan fingerprint density at radius 2 is 2.25 bits per heavy atom. The van der Waals surface area contributed by atoms with E-state index >= 15 is 0 Å². The van der Waals surface area contributed by atoms with Crippen LogP contribution in [0.25, 0.3) is 11.4 Å². The van der Waals surface area contributed by atoms with Crippen LogP contribution in [-0.2, 0) is 18.4 Å². The smallest absolute Gasteiger partial charge is 0.165 e. The average Bonchev–Trinajstić information content (AvgIpc) is 2.69. The first-order valence-corrected chi connectivity index (χ1v) is 5.19. The van der Waals surface area contributed by atoms with Gasteiger partial charge in [-0.1, -0.05) is 0 Å². The molecule has 0 amide bonds. The van der Waals surface area contributed by atoms with E-state index < -0.39 is 0 Å². The fraction of sp³-hybridized carbons (Fsp3) is 0.364. The summed E-state index contributed by atoms with van der Waals surface area (Å²) in [6, 6.07) is 3.84. The van der Waals surface area contributed by atoms with Crippen LogP contribution in [0.1, 0.15) is 12.7 Å². The third-order valence-corrected chi connectivity index (χ3v) is 2.32. The van der Waals surface area contributed by atoms with Crippen molar-refractivity contribution in [1.82, 2.24) is 19.7 Å². The first kappa shape index (κ1) is 10.8. The van der Waals surface area contributed by atoms with Gasteiger partial charge in [-0.15, -0.1) is 10.2 Å². The second kappa shape index (κ2) is 4.85. The molecule has 5 heteroatoms. The summed E-state index contributed by atoms with van der Waals surface area (Å²) in [5.41, 5.74) is 0.959. The Morgan fingerprint density at radius 3 is 2.94 bits per heavy atom. The summed E-state index contributed by atoms with van der Waals surface area (Å²) in [4.78, 5) is 4.06. The van der Waals surface area contributed by atoms with Gasteiger partial charge in [-0.2, -0.15) is 0 Å². The number of ether oxygens (including phenoxy) is 1. The van der Waals surface area contributed by atoms with Crippen molar-refractivity contribution in [1.29, 1.82) is 0 Å². The Balaban J connectivity index is 2.27. The monoisotopic (exact) mass is 218 g/mol. The highest BCUT2D eigenvalue weighted by Crippen LogP contribution is 2.15. The molecule has 0 radical (unpaired) electrons. The standard InChI is InChI=1S/C11H14N4O/c1-3-16-8-10-13-14-11(15(10)2)9-5-4-6-12-7-9/h4-7H,3,8H2,1-2H3. The Kier molecular flexibility index (Phi) is 3.26. The van der Waals surface area contributed by atoms with E-state index in [0.717, 1.165) is 17.2 Å². The van der Waals surface area contributed by atoms with E-state index in [9.17, 15) is 0 Å². The topological polar surface area (TPSA) is 52.8 Å². The predicted molar refractivity (Wildman–Crippen MR) is 59.6 cm³/mol. The van der Waals surface area contributed by atoms with E-state index in [1.165, 1.54) is 0 Å². The van der Waals surface area contributed by atoms with E-state index in [4.69, 9.17) is 4.74 Å². The zero-order valence-electron chi connectivity index (χ0n) is 9.42. The molecule has 0 unspecified atom stereocenters. The van der Waals surface area contributed by atoms with Crippen molar-refractivity contribution in [2.75, 3.05) is 6.61 Å². The van der Waals surface area contributed by atoms with Gasteiger partial charge in [0.25, 0.3) is 0 Å². The fourth-order valence-electron chi connectivity index (χ4n) is 1.43. The van der Waals surface area contributed by atoms with Gasteiger partial charge in [-0.3, -0.25) is 4.98 Å². The van der Waals surface area contributed by atoms with Gasteiger partial charge in [0.15, 0.2) is 11.6 Å².